The lowest BCUT2D eigenvalue weighted by Gasteiger charge is -2.43. The third kappa shape index (κ3) is 8.78. The van der Waals surface area contributed by atoms with E-state index in [1.54, 1.807) is 62.3 Å². The minimum absolute atomic E-state index is 0.0276. The molecule has 0 saturated carbocycles. The second-order valence-corrected chi connectivity index (χ2v) is 12.4. The van der Waals surface area contributed by atoms with E-state index < -0.39 is 64.9 Å². The molecular weight excluding hydrogens is 483 g/mol. The van der Waals surface area contributed by atoms with Gasteiger partial charge in [0.1, 0.15) is 18.8 Å². The van der Waals surface area contributed by atoms with Crippen LogP contribution in [0.1, 0.15) is 67.9 Å². The number of carbonyl (C=O) groups excluding carboxylic acids is 3. The normalized spacial score (nSPS) is 24.8. The molecule has 5 atom stereocenters. The highest BCUT2D eigenvalue weighted by atomic mass is 19.1. The Kier molecular flexibility index (Phi) is 9.87. The van der Waals surface area contributed by atoms with Crippen LogP contribution in [-0.2, 0) is 44.7 Å². The fourth-order valence-corrected chi connectivity index (χ4v) is 3.20. The molecule has 0 radical (unpaired) electrons. The molecule has 0 aromatic heterocycles. The van der Waals surface area contributed by atoms with Crippen molar-refractivity contribution < 1.29 is 42.5 Å². The average Bonchev–Trinajstić information content (AvgIpc) is 2.77. The molecular formula is C28H41FO8. The largest absolute Gasteiger partial charge is 0.462 e. The zero-order valence-electron chi connectivity index (χ0n) is 23.3. The summed E-state index contributed by atoms with van der Waals surface area (Å²) in [4.78, 5) is 38.0. The van der Waals surface area contributed by atoms with E-state index in [0.717, 1.165) is 5.56 Å². The zero-order valence-corrected chi connectivity index (χ0v) is 23.3. The van der Waals surface area contributed by atoms with Gasteiger partial charge in [-0.3, -0.25) is 14.4 Å². The Morgan fingerprint density at radius 2 is 1.24 bits per heavy atom. The van der Waals surface area contributed by atoms with Gasteiger partial charge in [0.05, 0.1) is 22.9 Å². The summed E-state index contributed by atoms with van der Waals surface area (Å²) in [7, 11) is 0. The Hall–Kier alpha value is -2.52. The van der Waals surface area contributed by atoms with E-state index >= 15 is 4.39 Å². The second-order valence-electron chi connectivity index (χ2n) is 12.4. The molecule has 8 nitrogen and oxygen atoms in total. The van der Waals surface area contributed by atoms with Gasteiger partial charge in [-0.05, 0) is 67.9 Å². The molecule has 0 amide bonds. The minimum atomic E-state index is -2.12. The maximum Gasteiger partial charge on any atom is 0.311 e. The molecule has 0 spiro atoms. The van der Waals surface area contributed by atoms with Crippen LogP contribution in [-0.4, -0.2) is 55.3 Å². The molecule has 1 heterocycles. The Balaban J connectivity index is 2.44. The van der Waals surface area contributed by atoms with Crippen molar-refractivity contribution in [2.24, 2.45) is 16.2 Å². The van der Waals surface area contributed by atoms with Crippen molar-refractivity contribution in [3.05, 3.63) is 35.9 Å². The fourth-order valence-electron chi connectivity index (χ4n) is 3.20. The third-order valence-electron chi connectivity index (χ3n) is 5.56. The molecule has 37 heavy (non-hydrogen) atoms. The first-order chi connectivity index (χ1) is 16.9. The van der Waals surface area contributed by atoms with Gasteiger partial charge in [0.15, 0.2) is 12.2 Å². The van der Waals surface area contributed by atoms with E-state index in [1.165, 1.54) is 0 Å². The predicted octanol–water partition coefficient (Wildman–Crippen LogP) is 4.77. The lowest BCUT2D eigenvalue weighted by atomic mass is 9.94. The summed E-state index contributed by atoms with van der Waals surface area (Å²) in [6, 6.07) is 9.13. The van der Waals surface area contributed by atoms with Crippen molar-refractivity contribution in [2.75, 3.05) is 6.61 Å². The molecule has 1 aromatic rings. The number of alkyl halides is 1. The number of halogens is 1. The summed E-state index contributed by atoms with van der Waals surface area (Å²) in [5.41, 5.74) is -1.86. The van der Waals surface area contributed by atoms with E-state index in [1.807, 2.05) is 30.3 Å². The molecule has 0 aliphatic carbocycles. The number of hydrogen-bond donors (Lipinski definition) is 0. The van der Waals surface area contributed by atoms with Gasteiger partial charge in [-0.1, -0.05) is 30.3 Å². The quantitative estimate of drug-likeness (QED) is 0.372. The Bertz CT molecular complexity index is 926. The first-order valence-corrected chi connectivity index (χ1v) is 12.5. The number of carbonyl (C=O) groups is 3. The molecule has 9 heteroatoms. The summed E-state index contributed by atoms with van der Waals surface area (Å²) in [6.45, 7) is 14.6. The topological polar surface area (TPSA) is 97.4 Å². The van der Waals surface area contributed by atoms with Gasteiger partial charge in [0, 0.05) is 0 Å². The van der Waals surface area contributed by atoms with E-state index in [2.05, 4.69) is 0 Å². The van der Waals surface area contributed by atoms with Crippen molar-refractivity contribution in [3.8, 4) is 0 Å². The van der Waals surface area contributed by atoms with Crippen LogP contribution in [0.4, 0.5) is 4.39 Å². The van der Waals surface area contributed by atoms with Crippen LogP contribution in [0.25, 0.3) is 0 Å². The van der Waals surface area contributed by atoms with Gasteiger partial charge in [-0.15, -0.1) is 0 Å². The smallest absolute Gasteiger partial charge is 0.311 e. The van der Waals surface area contributed by atoms with Crippen LogP contribution in [0.15, 0.2) is 30.3 Å². The highest BCUT2D eigenvalue weighted by molar-refractivity contribution is 5.76. The first kappa shape index (κ1) is 30.7. The SMILES string of the molecule is CC(C)(C)C(=O)OC[C@H]1O[C@H](F)[C@H](OC(=O)C(C)(C)C)[C@@H](OCc2ccccc2)[C@H]1OC(=O)C(C)(C)C. The average molecular weight is 525 g/mol. The van der Waals surface area contributed by atoms with E-state index in [0.29, 0.717) is 0 Å². The molecule has 1 fully saturated rings. The van der Waals surface area contributed by atoms with E-state index in [9.17, 15) is 14.4 Å². The first-order valence-electron chi connectivity index (χ1n) is 12.5. The van der Waals surface area contributed by atoms with Crippen LogP contribution in [0.5, 0.6) is 0 Å². The molecule has 1 aliphatic rings. The van der Waals surface area contributed by atoms with E-state index in [-0.39, 0.29) is 13.2 Å². The van der Waals surface area contributed by atoms with Gasteiger partial charge in [-0.25, -0.2) is 4.39 Å². The highest BCUT2D eigenvalue weighted by Gasteiger charge is 2.53. The number of rotatable bonds is 7. The number of esters is 3. The molecule has 0 unspecified atom stereocenters. The number of ether oxygens (including phenoxy) is 5. The van der Waals surface area contributed by atoms with Crippen LogP contribution >= 0.6 is 0 Å². The molecule has 2 rings (SSSR count). The van der Waals surface area contributed by atoms with Crippen LogP contribution in [0.3, 0.4) is 0 Å². The number of hydrogen-bond acceptors (Lipinski definition) is 8. The summed E-state index contributed by atoms with van der Waals surface area (Å²) in [5, 5.41) is 0. The van der Waals surface area contributed by atoms with Crippen molar-refractivity contribution in [1.82, 2.24) is 0 Å². The predicted molar refractivity (Wildman–Crippen MR) is 134 cm³/mol. The van der Waals surface area contributed by atoms with Gasteiger partial charge in [0.2, 0.25) is 6.36 Å². The zero-order chi connectivity index (χ0) is 28.2. The van der Waals surface area contributed by atoms with Crippen LogP contribution in [0, 0.1) is 16.2 Å². The maximum absolute atomic E-state index is 15.5. The molecule has 1 saturated heterocycles. The second kappa shape index (κ2) is 11.9. The molecule has 1 aliphatic heterocycles. The third-order valence-corrected chi connectivity index (χ3v) is 5.56. The maximum atomic E-state index is 15.5. The Labute approximate surface area is 219 Å². The highest BCUT2D eigenvalue weighted by Crippen LogP contribution is 2.33. The molecule has 1 aromatic carbocycles. The summed E-state index contributed by atoms with van der Waals surface area (Å²) in [6.07, 6.45) is -7.30. The lowest BCUT2D eigenvalue weighted by molar-refractivity contribution is -0.287. The molecule has 0 bridgehead atoms. The van der Waals surface area contributed by atoms with Crippen molar-refractivity contribution in [1.29, 1.82) is 0 Å². The van der Waals surface area contributed by atoms with Gasteiger partial charge >= 0.3 is 17.9 Å². The Morgan fingerprint density at radius 3 is 1.73 bits per heavy atom. The summed E-state index contributed by atoms with van der Waals surface area (Å²) in [5.74, 6) is -1.80. The standard InChI is InChI=1S/C28H41FO8/c1-26(2,3)23(30)34-16-18-19(36-24(31)27(4,5)6)20(33-15-17-13-11-10-12-14-17)21(22(29)35-18)37-25(32)28(7,8)9/h10-14,18-22H,15-16H2,1-9H3/t18-,19+,20+,21-,22+/m1/s1. The van der Waals surface area contributed by atoms with Crippen molar-refractivity contribution in [2.45, 2.75) is 99.7 Å². The van der Waals surface area contributed by atoms with Crippen molar-refractivity contribution in [3.63, 3.8) is 0 Å². The van der Waals surface area contributed by atoms with Crippen LogP contribution in [0.2, 0.25) is 0 Å². The lowest BCUT2D eigenvalue weighted by Crippen LogP contribution is -2.62. The van der Waals surface area contributed by atoms with Gasteiger partial charge in [0.25, 0.3) is 0 Å². The minimum Gasteiger partial charge on any atom is -0.462 e. The van der Waals surface area contributed by atoms with Gasteiger partial charge in [-0.2, -0.15) is 0 Å². The Morgan fingerprint density at radius 1 is 0.757 bits per heavy atom. The number of benzene rings is 1. The fraction of sp³-hybridized carbons (Fsp3) is 0.679. The van der Waals surface area contributed by atoms with E-state index in [4.69, 9.17) is 23.7 Å². The monoisotopic (exact) mass is 524 g/mol. The van der Waals surface area contributed by atoms with Gasteiger partial charge < -0.3 is 23.7 Å². The summed E-state index contributed by atoms with van der Waals surface area (Å²) < 4.78 is 43.8. The van der Waals surface area contributed by atoms with Crippen LogP contribution < -0.4 is 0 Å². The van der Waals surface area contributed by atoms with Crippen molar-refractivity contribution >= 4 is 17.9 Å². The molecule has 0 N–H and O–H groups in total. The molecule has 208 valence electrons. The summed E-state index contributed by atoms with van der Waals surface area (Å²) >= 11 is 0.